The SMILES string of the molecule is NC(c1cccnc1)c1cc2cnccc2o1. The van der Waals surface area contributed by atoms with E-state index in [9.17, 15) is 0 Å². The summed E-state index contributed by atoms with van der Waals surface area (Å²) < 4.78 is 5.69. The smallest absolute Gasteiger partial charge is 0.137 e. The summed E-state index contributed by atoms with van der Waals surface area (Å²) in [6.07, 6.45) is 6.93. The molecule has 0 aliphatic carbocycles. The molecule has 1 unspecified atom stereocenters. The molecule has 3 aromatic heterocycles. The predicted molar refractivity (Wildman–Crippen MR) is 64.3 cm³/mol. The Labute approximate surface area is 98.1 Å². The monoisotopic (exact) mass is 225 g/mol. The number of furan rings is 1. The Kier molecular flexibility index (Phi) is 2.34. The molecule has 3 heterocycles. The number of nitrogens with zero attached hydrogens (tertiary/aromatic N) is 2. The Hall–Kier alpha value is -2.20. The van der Waals surface area contributed by atoms with E-state index in [4.69, 9.17) is 10.2 Å². The van der Waals surface area contributed by atoms with E-state index in [0.29, 0.717) is 0 Å². The van der Waals surface area contributed by atoms with E-state index in [1.54, 1.807) is 24.8 Å². The predicted octanol–water partition coefficient (Wildman–Crippen LogP) is 2.27. The Balaban J connectivity index is 2.04. The first-order chi connectivity index (χ1) is 8.34. The minimum Gasteiger partial charge on any atom is -0.459 e. The van der Waals surface area contributed by atoms with Crippen LogP contribution in [0.5, 0.6) is 0 Å². The summed E-state index contributed by atoms with van der Waals surface area (Å²) in [5, 5.41) is 0.960. The van der Waals surface area contributed by atoms with Gasteiger partial charge in [-0.3, -0.25) is 9.97 Å². The summed E-state index contributed by atoms with van der Waals surface area (Å²) >= 11 is 0. The van der Waals surface area contributed by atoms with Gasteiger partial charge in [-0.1, -0.05) is 6.07 Å². The van der Waals surface area contributed by atoms with Crippen LogP contribution in [0.4, 0.5) is 0 Å². The number of fused-ring (bicyclic) bond motifs is 1. The molecular formula is C13H11N3O. The third kappa shape index (κ3) is 1.79. The van der Waals surface area contributed by atoms with Gasteiger partial charge in [0.15, 0.2) is 0 Å². The molecule has 0 aromatic carbocycles. The van der Waals surface area contributed by atoms with Crippen molar-refractivity contribution in [3.05, 3.63) is 60.4 Å². The maximum atomic E-state index is 6.13. The van der Waals surface area contributed by atoms with Gasteiger partial charge in [-0.05, 0) is 23.8 Å². The highest BCUT2D eigenvalue weighted by molar-refractivity contribution is 5.76. The molecule has 0 fully saturated rings. The summed E-state index contributed by atoms with van der Waals surface area (Å²) in [5.41, 5.74) is 7.86. The van der Waals surface area contributed by atoms with Gasteiger partial charge in [-0.25, -0.2) is 0 Å². The van der Waals surface area contributed by atoms with Crippen LogP contribution in [0.15, 0.2) is 53.5 Å². The Morgan fingerprint density at radius 1 is 1.12 bits per heavy atom. The molecular weight excluding hydrogens is 214 g/mol. The van der Waals surface area contributed by atoms with E-state index in [1.807, 2.05) is 24.3 Å². The van der Waals surface area contributed by atoms with Gasteiger partial charge in [0.25, 0.3) is 0 Å². The van der Waals surface area contributed by atoms with Crippen molar-refractivity contribution in [1.82, 2.24) is 9.97 Å². The number of rotatable bonds is 2. The summed E-state index contributed by atoms with van der Waals surface area (Å²) in [7, 11) is 0. The lowest BCUT2D eigenvalue weighted by Crippen LogP contribution is -2.10. The summed E-state index contributed by atoms with van der Waals surface area (Å²) in [4.78, 5) is 8.10. The molecule has 4 heteroatoms. The first-order valence-corrected chi connectivity index (χ1v) is 5.33. The van der Waals surface area contributed by atoms with Crippen LogP contribution >= 0.6 is 0 Å². The maximum Gasteiger partial charge on any atom is 0.137 e. The average Bonchev–Trinajstić information content (AvgIpc) is 2.82. The minimum atomic E-state index is -0.295. The van der Waals surface area contributed by atoms with Crippen molar-refractivity contribution in [3.63, 3.8) is 0 Å². The zero-order valence-electron chi connectivity index (χ0n) is 9.08. The van der Waals surface area contributed by atoms with Gasteiger partial charge in [-0.15, -0.1) is 0 Å². The van der Waals surface area contributed by atoms with Crippen molar-refractivity contribution in [2.24, 2.45) is 5.73 Å². The van der Waals surface area contributed by atoms with E-state index < -0.39 is 0 Å². The molecule has 0 spiro atoms. The minimum absolute atomic E-state index is 0.295. The molecule has 3 aromatic rings. The third-order valence-corrected chi connectivity index (χ3v) is 2.69. The van der Waals surface area contributed by atoms with Crippen LogP contribution in [0.1, 0.15) is 17.4 Å². The molecule has 1 atom stereocenters. The van der Waals surface area contributed by atoms with Gasteiger partial charge >= 0.3 is 0 Å². The number of nitrogens with two attached hydrogens (primary N) is 1. The van der Waals surface area contributed by atoms with Crippen molar-refractivity contribution in [2.45, 2.75) is 6.04 Å². The van der Waals surface area contributed by atoms with Crippen LogP contribution < -0.4 is 5.73 Å². The second kappa shape index (κ2) is 3.99. The van der Waals surface area contributed by atoms with Crippen molar-refractivity contribution >= 4 is 11.0 Å². The first-order valence-electron chi connectivity index (χ1n) is 5.33. The molecule has 84 valence electrons. The number of hydrogen-bond acceptors (Lipinski definition) is 4. The van der Waals surface area contributed by atoms with Crippen LogP contribution in [-0.4, -0.2) is 9.97 Å². The molecule has 17 heavy (non-hydrogen) atoms. The lowest BCUT2D eigenvalue weighted by Gasteiger charge is -2.07. The first kappa shape index (κ1) is 9.99. The largest absolute Gasteiger partial charge is 0.459 e. The average molecular weight is 225 g/mol. The highest BCUT2D eigenvalue weighted by Gasteiger charge is 2.13. The van der Waals surface area contributed by atoms with E-state index in [-0.39, 0.29) is 6.04 Å². The molecule has 2 N–H and O–H groups in total. The summed E-state index contributed by atoms with van der Waals surface area (Å²) in [6.45, 7) is 0. The van der Waals surface area contributed by atoms with Gasteiger partial charge in [-0.2, -0.15) is 0 Å². The molecule has 0 saturated heterocycles. The van der Waals surface area contributed by atoms with Crippen LogP contribution in [0, 0.1) is 0 Å². The van der Waals surface area contributed by atoms with Crippen LogP contribution in [0.2, 0.25) is 0 Å². The van der Waals surface area contributed by atoms with Crippen molar-refractivity contribution in [3.8, 4) is 0 Å². The van der Waals surface area contributed by atoms with E-state index in [2.05, 4.69) is 9.97 Å². The number of aromatic nitrogens is 2. The van der Waals surface area contributed by atoms with Crippen LogP contribution in [-0.2, 0) is 0 Å². The second-order valence-corrected chi connectivity index (χ2v) is 3.83. The fourth-order valence-corrected chi connectivity index (χ4v) is 1.78. The topological polar surface area (TPSA) is 64.9 Å². The normalized spacial score (nSPS) is 12.8. The Morgan fingerprint density at radius 2 is 2.00 bits per heavy atom. The molecule has 0 radical (unpaired) electrons. The van der Waals surface area contributed by atoms with Crippen molar-refractivity contribution < 1.29 is 4.42 Å². The maximum absolute atomic E-state index is 6.13. The zero-order chi connectivity index (χ0) is 11.7. The summed E-state index contributed by atoms with van der Waals surface area (Å²) in [6, 6.07) is 7.24. The number of pyridine rings is 2. The standard InChI is InChI=1S/C13H11N3O/c14-13(9-2-1-4-15-7-9)12-6-10-8-16-5-3-11(10)17-12/h1-8,13H,14H2. The zero-order valence-corrected chi connectivity index (χ0v) is 9.08. The van der Waals surface area contributed by atoms with Crippen LogP contribution in [0.3, 0.4) is 0 Å². The molecule has 0 aliphatic rings. The fourth-order valence-electron chi connectivity index (χ4n) is 1.78. The van der Waals surface area contributed by atoms with Crippen molar-refractivity contribution in [1.29, 1.82) is 0 Å². The Bertz CT molecular complexity index is 600. The van der Waals surface area contributed by atoms with E-state index in [0.717, 1.165) is 22.3 Å². The summed E-state index contributed by atoms with van der Waals surface area (Å²) in [5.74, 6) is 0.723. The fraction of sp³-hybridized carbons (Fsp3) is 0.0769. The Morgan fingerprint density at radius 3 is 2.76 bits per heavy atom. The van der Waals surface area contributed by atoms with Gasteiger partial charge in [0.2, 0.25) is 0 Å². The quantitative estimate of drug-likeness (QED) is 0.726. The highest BCUT2D eigenvalue weighted by Crippen LogP contribution is 2.25. The molecule has 0 aliphatic heterocycles. The lowest BCUT2D eigenvalue weighted by molar-refractivity contribution is 0.524. The molecule has 3 rings (SSSR count). The lowest BCUT2D eigenvalue weighted by atomic mass is 10.1. The van der Waals surface area contributed by atoms with E-state index >= 15 is 0 Å². The van der Waals surface area contributed by atoms with Crippen molar-refractivity contribution in [2.75, 3.05) is 0 Å². The molecule has 0 amide bonds. The van der Waals surface area contributed by atoms with Gasteiger partial charge in [0, 0.05) is 30.2 Å². The third-order valence-electron chi connectivity index (χ3n) is 2.69. The molecule has 4 nitrogen and oxygen atoms in total. The highest BCUT2D eigenvalue weighted by atomic mass is 16.3. The second-order valence-electron chi connectivity index (χ2n) is 3.83. The van der Waals surface area contributed by atoms with Gasteiger partial charge in [0.1, 0.15) is 11.3 Å². The molecule has 0 saturated carbocycles. The molecule has 0 bridgehead atoms. The van der Waals surface area contributed by atoms with E-state index in [1.165, 1.54) is 0 Å². The number of hydrogen-bond donors (Lipinski definition) is 1. The van der Waals surface area contributed by atoms with Crippen LogP contribution in [0.25, 0.3) is 11.0 Å². The van der Waals surface area contributed by atoms with Gasteiger partial charge in [0.05, 0.1) is 6.04 Å². The van der Waals surface area contributed by atoms with Gasteiger partial charge < -0.3 is 10.2 Å².